The molecule has 0 bridgehead atoms. The van der Waals surface area contributed by atoms with Crippen LogP contribution in [0.1, 0.15) is 38.7 Å². The number of hydrogen-bond donors (Lipinski definition) is 2. The molecule has 0 aromatic carbocycles. The Morgan fingerprint density at radius 3 is 2.88 bits per heavy atom. The number of hydrogen-bond acceptors (Lipinski definition) is 3. The van der Waals surface area contributed by atoms with Gasteiger partial charge in [0.05, 0.1) is 11.9 Å². The van der Waals surface area contributed by atoms with Crippen LogP contribution in [0.15, 0.2) is 18.5 Å². The van der Waals surface area contributed by atoms with Crippen molar-refractivity contribution in [1.29, 1.82) is 0 Å². The molecule has 0 spiro atoms. The minimum Gasteiger partial charge on any atom is -0.389 e. The molecule has 3 N–H and O–H groups in total. The van der Waals surface area contributed by atoms with Gasteiger partial charge in [0.15, 0.2) is 0 Å². The molecule has 0 atom stereocenters. The van der Waals surface area contributed by atoms with Gasteiger partial charge < -0.3 is 11.1 Å². The molecule has 0 fully saturated rings. The van der Waals surface area contributed by atoms with Crippen LogP contribution in [-0.2, 0) is 0 Å². The monoisotopic (exact) mass is 251 g/mol. The van der Waals surface area contributed by atoms with Crippen LogP contribution in [0.4, 0.5) is 5.69 Å². The fourth-order valence-electron chi connectivity index (χ4n) is 1.65. The van der Waals surface area contributed by atoms with Gasteiger partial charge in [-0.3, -0.25) is 4.98 Å². The molecule has 94 valence electrons. The summed E-state index contributed by atoms with van der Waals surface area (Å²) in [4.78, 5) is 4.49. The third kappa shape index (κ3) is 5.13. The van der Waals surface area contributed by atoms with Crippen molar-refractivity contribution in [2.24, 2.45) is 11.7 Å². The van der Waals surface area contributed by atoms with Crippen LogP contribution in [0.3, 0.4) is 0 Å². The van der Waals surface area contributed by atoms with Crippen LogP contribution in [0, 0.1) is 5.92 Å². The summed E-state index contributed by atoms with van der Waals surface area (Å²) in [7, 11) is 0. The zero-order valence-corrected chi connectivity index (χ0v) is 11.4. The first-order chi connectivity index (χ1) is 8.11. The third-order valence-corrected chi connectivity index (χ3v) is 2.83. The molecule has 0 aliphatic carbocycles. The Labute approximate surface area is 109 Å². The number of thiocarbonyl (C=S) groups is 1. The number of nitrogens with two attached hydrogens (primary N) is 1. The Bertz CT molecular complexity index is 363. The molecule has 3 nitrogen and oxygen atoms in total. The predicted octanol–water partition coefficient (Wildman–Crippen LogP) is 2.95. The van der Waals surface area contributed by atoms with Gasteiger partial charge in [-0.25, -0.2) is 0 Å². The second-order valence-corrected chi connectivity index (χ2v) is 5.04. The number of nitrogens with one attached hydrogen (secondary N) is 1. The van der Waals surface area contributed by atoms with Crippen LogP contribution < -0.4 is 11.1 Å². The topological polar surface area (TPSA) is 50.9 Å². The first-order valence-corrected chi connectivity index (χ1v) is 6.49. The minimum atomic E-state index is 0.414. The van der Waals surface area contributed by atoms with Gasteiger partial charge >= 0.3 is 0 Å². The molecular weight excluding hydrogens is 230 g/mol. The fraction of sp³-hybridized carbons (Fsp3) is 0.538. The molecule has 4 heteroatoms. The maximum absolute atomic E-state index is 5.65. The van der Waals surface area contributed by atoms with E-state index in [1.165, 1.54) is 12.8 Å². The maximum Gasteiger partial charge on any atom is 0.106 e. The van der Waals surface area contributed by atoms with Gasteiger partial charge in [-0.2, -0.15) is 0 Å². The first kappa shape index (κ1) is 13.9. The van der Waals surface area contributed by atoms with E-state index in [9.17, 15) is 0 Å². The van der Waals surface area contributed by atoms with E-state index < -0.39 is 0 Å². The lowest BCUT2D eigenvalue weighted by atomic mass is 10.1. The van der Waals surface area contributed by atoms with Gasteiger partial charge in [-0.05, 0) is 18.4 Å². The minimum absolute atomic E-state index is 0.414. The lowest BCUT2D eigenvalue weighted by Gasteiger charge is -2.10. The SMILES string of the molecule is CC(C)CCCCNc1cnccc1C(N)=S. The summed E-state index contributed by atoms with van der Waals surface area (Å²) < 4.78 is 0. The summed E-state index contributed by atoms with van der Waals surface area (Å²) in [6.45, 7) is 5.44. The van der Waals surface area contributed by atoms with E-state index in [4.69, 9.17) is 18.0 Å². The first-order valence-electron chi connectivity index (χ1n) is 6.09. The van der Waals surface area contributed by atoms with E-state index in [1.54, 1.807) is 12.4 Å². The van der Waals surface area contributed by atoms with E-state index in [1.807, 2.05) is 6.07 Å². The molecule has 0 aliphatic rings. The summed E-state index contributed by atoms with van der Waals surface area (Å²) in [5.74, 6) is 0.778. The van der Waals surface area contributed by atoms with Gasteiger partial charge in [-0.15, -0.1) is 0 Å². The summed E-state index contributed by atoms with van der Waals surface area (Å²) in [5, 5.41) is 3.34. The van der Waals surface area contributed by atoms with E-state index in [-0.39, 0.29) is 0 Å². The standard InChI is InChI=1S/C13H21N3S/c1-10(2)5-3-4-7-16-12-9-15-8-6-11(12)13(14)17/h6,8-10,16H,3-5,7H2,1-2H3,(H2,14,17). The van der Waals surface area contributed by atoms with Crippen molar-refractivity contribution in [3.05, 3.63) is 24.0 Å². The van der Waals surface area contributed by atoms with E-state index in [2.05, 4.69) is 24.1 Å². The van der Waals surface area contributed by atoms with Gasteiger partial charge in [0.25, 0.3) is 0 Å². The molecule has 0 amide bonds. The second kappa shape index (κ2) is 7.22. The van der Waals surface area contributed by atoms with Crippen molar-refractivity contribution < 1.29 is 0 Å². The number of unbranched alkanes of at least 4 members (excludes halogenated alkanes) is 1. The van der Waals surface area contributed by atoms with E-state index in [0.717, 1.165) is 30.1 Å². The van der Waals surface area contributed by atoms with Gasteiger partial charge in [-0.1, -0.05) is 38.9 Å². The maximum atomic E-state index is 5.65. The van der Waals surface area contributed by atoms with E-state index >= 15 is 0 Å². The van der Waals surface area contributed by atoms with Crippen molar-refractivity contribution in [2.75, 3.05) is 11.9 Å². The zero-order valence-electron chi connectivity index (χ0n) is 10.6. The van der Waals surface area contributed by atoms with Gasteiger partial charge in [0, 0.05) is 18.3 Å². The van der Waals surface area contributed by atoms with Crippen LogP contribution in [0.2, 0.25) is 0 Å². The quantitative estimate of drug-likeness (QED) is 0.578. The molecule has 1 aromatic rings. The number of aromatic nitrogens is 1. The van der Waals surface area contributed by atoms with Crippen LogP contribution >= 0.6 is 12.2 Å². The number of nitrogens with zero attached hydrogens (tertiary/aromatic N) is 1. The third-order valence-electron chi connectivity index (χ3n) is 2.61. The smallest absolute Gasteiger partial charge is 0.106 e. The summed E-state index contributed by atoms with van der Waals surface area (Å²) in [5.41, 5.74) is 7.46. The average molecular weight is 251 g/mol. The van der Waals surface area contributed by atoms with Crippen molar-refractivity contribution in [3.63, 3.8) is 0 Å². The number of rotatable bonds is 7. The largest absolute Gasteiger partial charge is 0.389 e. The van der Waals surface area contributed by atoms with Crippen molar-refractivity contribution in [1.82, 2.24) is 4.98 Å². The zero-order chi connectivity index (χ0) is 12.7. The van der Waals surface area contributed by atoms with Crippen molar-refractivity contribution >= 4 is 22.9 Å². The summed E-state index contributed by atoms with van der Waals surface area (Å²) >= 11 is 5.00. The van der Waals surface area contributed by atoms with Gasteiger partial charge in [0.2, 0.25) is 0 Å². The Kier molecular flexibility index (Phi) is 5.91. The lowest BCUT2D eigenvalue weighted by molar-refractivity contribution is 0.545. The molecule has 1 aromatic heterocycles. The van der Waals surface area contributed by atoms with Crippen molar-refractivity contribution in [2.45, 2.75) is 33.1 Å². The van der Waals surface area contributed by atoms with E-state index in [0.29, 0.717) is 4.99 Å². The molecular formula is C13H21N3S. The highest BCUT2D eigenvalue weighted by Crippen LogP contribution is 2.13. The molecule has 0 saturated carbocycles. The Morgan fingerprint density at radius 1 is 1.47 bits per heavy atom. The van der Waals surface area contributed by atoms with Crippen LogP contribution in [0.25, 0.3) is 0 Å². The second-order valence-electron chi connectivity index (χ2n) is 4.60. The lowest BCUT2D eigenvalue weighted by Crippen LogP contribution is -2.14. The Morgan fingerprint density at radius 2 is 2.24 bits per heavy atom. The molecule has 0 unspecified atom stereocenters. The summed E-state index contributed by atoms with van der Waals surface area (Å²) in [6, 6.07) is 1.85. The highest BCUT2D eigenvalue weighted by molar-refractivity contribution is 7.80. The highest BCUT2D eigenvalue weighted by atomic mass is 32.1. The summed E-state index contributed by atoms with van der Waals surface area (Å²) in [6.07, 6.45) is 7.16. The molecule has 1 rings (SSSR count). The highest BCUT2D eigenvalue weighted by Gasteiger charge is 2.03. The molecule has 1 heterocycles. The Hall–Kier alpha value is -1.16. The number of anilines is 1. The molecule has 17 heavy (non-hydrogen) atoms. The van der Waals surface area contributed by atoms with Crippen LogP contribution in [0.5, 0.6) is 0 Å². The fourth-order valence-corrected chi connectivity index (χ4v) is 1.83. The van der Waals surface area contributed by atoms with Crippen LogP contribution in [-0.4, -0.2) is 16.5 Å². The molecule has 0 radical (unpaired) electrons. The van der Waals surface area contributed by atoms with Crippen molar-refractivity contribution in [3.8, 4) is 0 Å². The van der Waals surface area contributed by atoms with Gasteiger partial charge in [0.1, 0.15) is 4.99 Å². The average Bonchev–Trinajstić information content (AvgIpc) is 2.28. The predicted molar refractivity (Wildman–Crippen MR) is 77.3 cm³/mol. The Balaban J connectivity index is 2.39. The number of pyridine rings is 1. The molecule has 0 saturated heterocycles. The normalized spacial score (nSPS) is 10.5. The molecule has 0 aliphatic heterocycles.